The zero-order valence-corrected chi connectivity index (χ0v) is 26.8. The van der Waals surface area contributed by atoms with Crippen molar-refractivity contribution in [3.8, 4) is 39.6 Å². The second-order valence-corrected chi connectivity index (χ2v) is 14.1. The molecular weight excluding hydrogens is 591 g/mol. The van der Waals surface area contributed by atoms with Crippen molar-refractivity contribution in [1.82, 2.24) is 14.5 Å². The van der Waals surface area contributed by atoms with Crippen LogP contribution in [0.4, 0.5) is 0 Å². The van der Waals surface area contributed by atoms with Crippen LogP contribution < -0.4 is 0 Å². The van der Waals surface area contributed by atoms with E-state index in [1.165, 1.54) is 53.2 Å². The lowest BCUT2D eigenvalue weighted by atomic mass is 9.82. The van der Waals surface area contributed by atoms with E-state index in [1.54, 1.807) is 0 Å². The molecule has 6 aromatic carbocycles. The van der Waals surface area contributed by atoms with Gasteiger partial charge in [-0.2, -0.15) is 0 Å². The minimum atomic E-state index is -0.0787. The van der Waals surface area contributed by atoms with Gasteiger partial charge >= 0.3 is 0 Å². The van der Waals surface area contributed by atoms with Crippen LogP contribution in [0, 0.1) is 0 Å². The van der Waals surface area contributed by atoms with Crippen LogP contribution in [-0.4, -0.2) is 14.5 Å². The molecule has 4 heteroatoms. The van der Waals surface area contributed by atoms with Crippen LogP contribution in [-0.2, 0) is 5.41 Å². The molecule has 0 radical (unpaired) electrons. The monoisotopic (exact) mass is 619 g/mol. The summed E-state index contributed by atoms with van der Waals surface area (Å²) in [6, 6.07) is 50.3. The first kappa shape index (κ1) is 26.6. The third-order valence-corrected chi connectivity index (χ3v) is 11.2. The maximum Gasteiger partial charge on any atom is 0.235 e. The summed E-state index contributed by atoms with van der Waals surface area (Å²) in [4.78, 5) is 10.7. The predicted octanol–water partition coefficient (Wildman–Crippen LogP) is 11.6. The average Bonchev–Trinajstić information content (AvgIpc) is 3.73. The number of hydrogen-bond donors (Lipinski definition) is 0. The third kappa shape index (κ3) is 3.85. The van der Waals surface area contributed by atoms with Crippen LogP contribution in [0.15, 0.2) is 140 Å². The molecule has 222 valence electrons. The Morgan fingerprint density at radius 2 is 1.19 bits per heavy atom. The molecule has 10 rings (SSSR count). The summed E-state index contributed by atoms with van der Waals surface area (Å²) in [5, 5.41) is 4.98. The summed E-state index contributed by atoms with van der Waals surface area (Å²) in [5.74, 6) is 0.674. The molecular formula is C43H29N3S. The standard InChI is InChI=1S/C43H29N3S/c1-43(2)34-17-9-6-14-28(34)31-24-39-32(23-35(31)43)29-15-7-10-18-38(29)46(39)42-44-36(26-12-4-3-5-13-26)25-37(45-42)27-20-21-41-33(22-27)30-16-8-11-19-40(30)47-41/h3-25H,1-2H3. The van der Waals surface area contributed by atoms with Gasteiger partial charge in [-0.1, -0.05) is 111 Å². The van der Waals surface area contributed by atoms with Gasteiger partial charge in [0.2, 0.25) is 5.95 Å². The van der Waals surface area contributed by atoms with E-state index in [2.05, 4.69) is 158 Å². The van der Waals surface area contributed by atoms with E-state index in [-0.39, 0.29) is 5.41 Å². The fourth-order valence-corrected chi connectivity index (χ4v) is 8.79. The Kier molecular flexibility index (Phi) is 5.50. The number of para-hydroxylation sites is 1. The van der Waals surface area contributed by atoms with E-state index in [0.717, 1.165) is 33.5 Å². The molecule has 0 spiro atoms. The van der Waals surface area contributed by atoms with Gasteiger partial charge in [0.25, 0.3) is 0 Å². The molecule has 9 aromatic rings. The van der Waals surface area contributed by atoms with Crippen molar-refractivity contribution in [3.63, 3.8) is 0 Å². The highest BCUT2D eigenvalue weighted by Gasteiger charge is 2.36. The van der Waals surface area contributed by atoms with Crippen LogP contribution in [0.25, 0.3) is 81.6 Å². The smallest absolute Gasteiger partial charge is 0.235 e. The molecule has 1 aliphatic carbocycles. The molecule has 0 unspecified atom stereocenters. The first-order valence-electron chi connectivity index (χ1n) is 16.1. The highest BCUT2D eigenvalue weighted by Crippen LogP contribution is 2.51. The molecule has 3 heterocycles. The Labute approximate surface area is 276 Å². The van der Waals surface area contributed by atoms with Crippen molar-refractivity contribution < 1.29 is 0 Å². The summed E-state index contributed by atoms with van der Waals surface area (Å²) < 4.78 is 4.86. The summed E-state index contributed by atoms with van der Waals surface area (Å²) in [5.41, 5.74) is 11.4. The van der Waals surface area contributed by atoms with E-state index in [0.29, 0.717) is 5.95 Å². The van der Waals surface area contributed by atoms with Crippen LogP contribution in [0.2, 0.25) is 0 Å². The zero-order chi connectivity index (χ0) is 31.3. The topological polar surface area (TPSA) is 30.7 Å². The largest absolute Gasteiger partial charge is 0.278 e. The Hall–Kier alpha value is -5.58. The second-order valence-electron chi connectivity index (χ2n) is 13.1. The molecule has 0 aliphatic heterocycles. The summed E-state index contributed by atoms with van der Waals surface area (Å²) in [7, 11) is 0. The summed E-state index contributed by atoms with van der Waals surface area (Å²) >= 11 is 1.84. The maximum absolute atomic E-state index is 5.36. The Morgan fingerprint density at radius 1 is 0.489 bits per heavy atom. The van der Waals surface area contributed by atoms with Crippen molar-refractivity contribution in [2.75, 3.05) is 0 Å². The quantitative estimate of drug-likeness (QED) is 0.197. The average molecular weight is 620 g/mol. The first-order valence-corrected chi connectivity index (χ1v) is 16.9. The van der Waals surface area contributed by atoms with Gasteiger partial charge in [-0.3, -0.25) is 4.57 Å². The van der Waals surface area contributed by atoms with Gasteiger partial charge in [0.1, 0.15) is 0 Å². The first-order chi connectivity index (χ1) is 23.0. The minimum absolute atomic E-state index is 0.0787. The van der Waals surface area contributed by atoms with Crippen molar-refractivity contribution >= 4 is 53.3 Å². The van der Waals surface area contributed by atoms with E-state index >= 15 is 0 Å². The molecule has 0 saturated heterocycles. The van der Waals surface area contributed by atoms with Gasteiger partial charge in [0.15, 0.2) is 0 Å². The number of hydrogen-bond acceptors (Lipinski definition) is 3. The van der Waals surface area contributed by atoms with Crippen molar-refractivity contribution in [2.24, 2.45) is 0 Å². The maximum atomic E-state index is 5.36. The number of rotatable bonds is 3. The van der Waals surface area contributed by atoms with Crippen molar-refractivity contribution in [1.29, 1.82) is 0 Å². The summed E-state index contributed by atoms with van der Waals surface area (Å²) in [6.07, 6.45) is 0. The molecule has 0 amide bonds. The SMILES string of the molecule is CC1(C)c2ccccc2-c2cc3c(cc21)c1ccccc1n3-c1nc(-c2ccccc2)cc(-c2ccc3sc4ccccc4c3c2)n1. The number of benzene rings is 6. The molecule has 0 fully saturated rings. The predicted molar refractivity (Wildman–Crippen MR) is 198 cm³/mol. The molecule has 47 heavy (non-hydrogen) atoms. The normalized spacial score (nSPS) is 13.5. The lowest BCUT2D eigenvalue weighted by Crippen LogP contribution is -2.14. The molecule has 3 aromatic heterocycles. The second kappa shape index (κ2) is 9.71. The fourth-order valence-electron chi connectivity index (χ4n) is 7.70. The molecule has 0 bridgehead atoms. The van der Waals surface area contributed by atoms with Crippen LogP contribution in [0.3, 0.4) is 0 Å². The number of nitrogens with zero attached hydrogens (tertiary/aromatic N) is 3. The van der Waals surface area contributed by atoms with Gasteiger partial charge in [0.05, 0.1) is 22.4 Å². The molecule has 1 aliphatic rings. The summed E-state index contributed by atoms with van der Waals surface area (Å²) in [6.45, 7) is 4.68. The zero-order valence-electron chi connectivity index (χ0n) is 26.0. The number of aromatic nitrogens is 3. The fraction of sp³-hybridized carbons (Fsp3) is 0.0698. The number of thiophene rings is 1. The Bertz CT molecular complexity index is 2710. The van der Waals surface area contributed by atoms with Gasteiger partial charge in [-0.25, -0.2) is 9.97 Å². The van der Waals surface area contributed by atoms with Crippen molar-refractivity contribution in [2.45, 2.75) is 19.3 Å². The highest BCUT2D eigenvalue weighted by molar-refractivity contribution is 7.25. The highest BCUT2D eigenvalue weighted by atomic mass is 32.1. The van der Waals surface area contributed by atoms with Crippen molar-refractivity contribution in [3.05, 3.63) is 151 Å². The van der Waals surface area contributed by atoms with E-state index in [1.807, 2.05) is 11.3 Å². The van der Waals surface area contributed by atoms with E-state index in [9.17, 15) is 0 Å². The Morgan fingerprint density at radius 3 is 2.06 bits per heavy atom. The van der Waals surface area contributed by atoms with Gasteiger partial charge < -0.3 is 0 Å². The molecule has 0 atom stereocenters. The Balaban J connectivity index is 1.27. The van der Waals surface area contributed by atoms with Gasteiger partial charge in [-0.15, -0.1) is 11.3 Å². The lowest BCUT2D eigenvalue weighted by molar-refractivity contribution is 0.661. The van der Waals surface area contributed by atoms with E-state index < -0.39 is 0 Å². The third-order valence-electron chi connectivity index (χ3n) is 10.0. The lowest BCUT2D eigenvalue weighted by Gasteiger charge is -2.21. The van der Waals surface area contributed by atoms with Crippen LogP contribution in [0.5, 0.6) is 0 Å². The van der Waals surface area contributed by atoms with Gasteiger partial charge in [0, 0.05) is 47.5 Å². The van der Waals surface area contributed by atoms with Crippen LogP contribution >= 0.6 is 11.3 Å². The van der Waals surface area contributed by atoms with Gasteiger partial charge in [-0.05, 0) is 64.7 Å². The molecule has 0 N–H and O–H groups in total. The number of fused-ring (bicyclic) bond motifs is 9. The molecule has 3 nitrogen and oxygen atoms in total. The van der Waals surface area contributed by atoms with Crippen LogP contribution in [0.1, 0.15) is 25.0 Å². The molecule has 0 saturated carbocycles. The van der Waals surface area contributed by atoms with E-state index in [4.69, 9.17) is 9.97 Å². The minimum Gasteiger partial charge on any atom is -0.278 e.